The first-order valence-electron chi connectivity index (χ1n) is 7.07. The van der Waals surface area contributed by atoms with E-state index in [9.17, 15) is 4.39 Å². The number of halogens is 1. The Bertz CT molecular complexity index is 747. The summed E-state index contributed by atoms with van der Waals surface area (Å²) >= 11 is 1.65. The fraction of sp³-hybridized carbons (Fsp3) is 0.312. The van der Waals surface area contributed by atoms with Gasteiger partial charge in [-0.2, -0.15) is 5.10 Å². The van der Waals surface area contributed by atoms with Gasteiger partial charge in [0, 0.05) is 28.4 Å². The van der Waals surface area contributed by atoms with E-state index in [1.165, 1.54) is 16.5 Å². The van der Waals surface area contributed by atoms with Gasteiger partial charge < -0.3 is 5.32 Å². The second kappa shape index (κ2) is 5.95. The molecule has 3 rings (SSSR count). The van der Waals surface area contributed by atoms with Crippen LogP contribution in [0, 0.1) is 5.82 Å². The summed E-state index contributed by atoms with van der Waals surface area (Å²) in [4.78, 5) is 1.22. The average molecular weight is 303 g/mol. The lowest BCUT2D eigenvalue weighted by Crippen LogP contribution is -2.17. The Hall–Kier alpha value is -1.72. The van der Waals surface area contributed by atoms with E-state index in [2.05, 4.69) is 29.6 Å². The van der Waals surface area contributed by atoms with Gasteiger partial charge in [0.1, 0.15) is 5.82 Å². The molecule has 0 aliphatic heterocycles. The number of aryl methyl sites for hydroxylation is 1. The van der Waals surface area contributed by atoms with Crippen molar-refractivity contribution in [1.29, 1.82) is 0 Å². The Labute approximate surface area is 127 Å². The molecule has 0 radical (unpaired) electrons. The number of hydrogen-bond donors (Lipinski definition) is 1. The molecule has 0 aliphatic rings. The van der Waals surface area contributed by atoms with Crippen molar-refractivity contribution in [3.8, 4) is 0 Å². The van der Waals surface area contributed by atoms with Crippen molar-refractivity contribution in [1.82, 2.24) is 15.1 Å². The van der Waals surface area contributed by atoms with Gasteiger partial charge in [0.05, 0.1) is 6.20 Å². The number of nitrogens with zero attached hydrogens (tertiary/aromatic N) is 2. The van der Waals surface area contributed by atoms with E-state index in [1.807, 2.05) is 24.0 Å². The van der Waals surface area contributed by atoms with Crippen LogP contribution in [0.1, 0.15) is 23.4 Å². The van der Waals surface area contributed by atoms with Crippen molar-refractivity contribution in [2.75, 3.05) is 7.05 Å². The van der Waals surface area contributed by atoms with Crippen LogP contribution in [0.15, 0.2) is 36.7 Å². The normalized spacial score (nSPS) is 12.9. The highest BCUT2D eigenvalue weighted by Crippen LogP contribution is 2.31. The second-order valence-corrected chi connectivity index (χ2v) is 6.20. The van der Waals surface area contributed by atoms with E-state index in [0.717, 1.165) is 23.1 Å². The fourth-order valence-electron chi connectivity index (χ4n) is 2.46. The smallest absolute Gasteiger partial charge is 0.124 e. The lowest BCUT2D eigenvalue weighted by atomic mass is 10.1. The van der Waals surface area contributed by atoms with Crippen molar-refractivity contribution in [3.05, 3.63) is 52.9 Å². The number of likely N-dealkylation sites (N-methyl/N-ethyl adjacent to an activating group) is 1. The highest BCUT2D eigenvalue weighted by atomic mass is 32.1. The minimum absolute atomic E-state index is 0.180. The molecule has 1 unspecified atom stereocenters. The Balaban J connectivity index is 1.86. The number of fused-ring (bicyclic) bond motifs is 1. The monoisotopic (exact) mass is 303 g/mol. The van der Waals surface area contributed by atoms with Gasteiger partial charge in [0.2, 0.25) is 0 Å². The largest absolute Gasteiger partial charge is 0.312 e. The Morgan fingerprint density at radius 3 is 2.95 bits per heavy atom. The lowest BCUT2D eigenvalue weighted by molar-refractivity contribution is 0.601. The standard InChI is InChI=1S/C16H18FN3S/c1-3-20-10-11(9-19-20)6-14(18-2)16-7-12-4-5-13(17)8-15(12)21-16/h4-5,7-10,14,18H,3,6H2,1-2H3. The predicted octanol–water partition coefficient (Wildman–Crippen LogP) is 3.76. The van der Waals surface area contributed by atoms with Crippen molar-refractivity contribution in [2.24, 2.45) is 0 Å². The zero-order valence-electron chi connectivity index (χ0n) is 12.1. The van der Waals surface area contributed by atoms with Crippen molar-refractivity contribution in [2.45, 2.75) is 25.9 Å². The molecule has 0 aliphatic carbocycles. The molecule has 0 spiro atoms. The molecule has 0 saturated carbocycles. The van der Waals surface area contributed by atoms with Crippen LogP contribution in [0.3, 0.4) is 0 Å². The Morgan fingerprint density at radius 1 is 1.38 bits per heavy atom. The lowest BCUT2D eigenvalue weighted by Gasteiger charge is -2.12. The zero-order chi connectivity index (χ0) is 14.8. The SMILES string of the molecule is CCn1cc(CC(NC)c2cc3ccc(F)cc3s2)cn1. The Kier molecular flexibility index (Phi) is 4.03. The number of nitrogens with one attached hydrogen (secondary N) is 1. The minimum Gasteiger partial charge on any atom is -0.312 e. The highest BCUT2D eigenvalue weighted by molar-refractivity contribution is 7.19. The van der Waals surface area contributed by atoms with Crippen molar-refractivity contribution < 1.29 is 4.39 Å². The van der Waals surface area contributed by atoms with Gasteiger partial charge in [-0.25, -0.2) is 4.39 Å². The third kappa shape index (κ3) is 2.99. The molecular formula is C16H18FN3S. The van der Waals surface area contributed by atoms with Gasteiger partial charge in [-0.05, 0) is 49.5 Å². The summed E-state index contributed by atoms with van der Waals surface area (Å²) in [6.07, 6.45) is 4.88. The molecule has 2 aromatic heterocycles. The van der Waals surface area contributed by atoms with Gasteiger partial charge in [0.25, 0.3) is 0 Å². The van der Waals surface area contributed by atoms with E-state index < -0.39 is 0 Å². The zero-order valence-corrected chi connectivity index (χ0v) is 13.0. The van der Waals surface area contributed by atoms with E-state index in [-0.39, 0.29) is 11.9 Å². The molecule has 0 bridgehead atoms. The van der Waals surface area contributed by atoms with E-state index in [0.29, 0.717) is 0 Å². The average Bonchev–Trinajstić information content (AvgIpc) is 3.10. The molecule has 1 N–H and O–H groups in total. The number of benzene rings is 1. The molecule has 3 nitrogen and oxygen atoms in total. The van der Waals surface area contributed by atoms with Crippen LogP contribution in [0.25, 0.3) is 10.1 Å². The van der Waals surface area contributed by atoms with Crippen LogP contribution in [-0.2, 0) is 13.0 Å². The maximum absolute atomic E-state index is 13.3. The third-order valence-corrected chi connectivity index (χ3v) is 4.86. The summed E-state index contributed by atoms with van der Waals surface area (Å²) < 4.78 is 16.2. The Morgan fingerprint density at radius 2 is 2.24 bits per heavy atom. The summed E-state index contributed by atoms with van der Waals surface area (Å²) in [6, 6.07) is 7.32. The minimum atomic E-state index is -0.180. The number of rotatable bonds is 5. The number of aromatic nitrogens is 2. The number of hydrogen-bond acceptors (Lipinski definition) is 3. The summed E-state index contributed by atoms with van der Waals surface area (Å²) in [7, 11) is 1.96. The highest BCUT2D eigenvalue weighted by Gasteiger charge is 2.14. The molecule has 5 heteroatoms. The molecular weight excluding hydrogens is 285 g/mol. The molecule has 1 atom stereocenters. The summed E-state index contributed by atoms with van der Waals surface area (Å²) in [6.45, 7) is 2.96. The van der Waals surface area contributed by atoms with E-state index in [1.54, 1.807) is 17.4 Å². The van der Waals surface area contributed by atoms with Crippen molar-refractivity contribution >= 4 is 21.4 Å². The van der Waals surface area contributed by atoms with Crippen LogP contribution >= 0.6 is 11.3 Å². The molecule has 2 heterocycles. The fourth-order valence-corrected chi connectivity index (χ4v) is 3.66. The molecule has 0 fully saturated rings. The van der Waals surface area contributed by atoms with Gasteiger partial charge in [0.15, 0.2) is 0 Å². The van der Waals surface area contributed by atoms with E-state index >= 15 is 0 Å². The molecule has 0 amide bonds. The molecule has 3 aromatic rings. The van der Waals surface area contributed by atoms with Gasteiger partial charge in [-0.15, -0.1) is 11.3 Å². The predicted molar refractivity (Wildman–Crippen MR) is 85.2 cm³/mol. The first-order valence-corrected chi connectivity index (χ1v) is 7.89. The van der Waals surface area contributed by atoms with Crippen LogP contribution in [0.4, 0.5) is 4.39 Å². The van der Waals surface area contributed by atoms with Crippen molar-refractivity contribution in [3.63, 3.8) is 0 Å². The van der Waals surface area contributed by atoms with Crippen LogP contribution < -0.4 is 5.32 Å². The topological polar surface area (TPSA) is 29.9 Å². The van der Waals surface area contributed by atoms with Crippen LogP contribution in [0.5, 0.6) is 0 Å². The van der Waals surface area contributed by atoms with Gasteiger partial charge in [-0.1, -0.05) is 6.07 Å². The second-order valence-electron chi connectivity index (χ2n) is 5.08. The molecule has 1 aromatic carbocycles. The summed E-state index contributed by atoms with van der Waals surface area (Å²) in [5.41, 5.74) is 1.21. The van der Waals surface area contributed by atoms with Gasteiger partial charge in [-0.3, -0.25) is 4.68 Å². The maximum Gasteiger partial charge on any atom is 0.124 e. The van der Waals surface area contributed by atoms with E-state index in [4.69, 9.17) is 0 Å². The maximum atomic E-state index is 13.3. The van der Waals surface area contributed by atoms with Gasteiger partial charge >= 0.3 is 0 Å². The molecule has 0 saturated heterocycles. The molecule has 110 valence electrons. The first-order chi connectivity index (χ1) is 10.2. The van der Waals surface area contributed by atoms with Crippen LogP contribution in [0.2, 0.25) is 0 Å². The number of thiophene rings is 1. The summed E-state index contributed by atoms with van der Waals surface area (Å²) in [5.74, 6) is -0.180. The molecule has 21 heavy (non-hydrogen) atoms. The first kappa shape index (κ1) is 14.2. The quantitative estimate of drug-likeness (QED) is 0.778. The third-order valence-electron chi connectivity index (χ3n) is 3.64. The van der Waals surface area contributed by atoms with Crippen LogP contribution in [-0.4, -0.2) is 16.8 Å². The summed E-state index contributed by atoms with van der Waals surface area (Å²) in [5, 5.41) is 8.76.